The van der Waals surface area contributed by atoms with Gasteiger partial charge in [0, 0.05) is 5.88 Å². The maximum atomic E-state index is 5.94. The SMILES string of the molecule is ClCCCCCOc1ccc(C2=C(c3ccccc3)CCCc3ccccc32)cc1. The lowest BCUT2D eigenvalue weighted by Crippen LogP contribution is -1.99. The van der Waals surface area contributed by atoms with Gasteiger partial charge in [0.15, 0.2) is 0 Å². The molecule has 1 aliphatic carbocycles. The Hall–Kier alpha value is -2.51. The number of allylic oxidation sites excluding steroid dienone is 1. The van der Waals surface area contributed by atoms with Crippen LogP contribution in [0.1, 0.15) is 54.4 Å². The number of aryl methyl sites for hydroxylation is 1. The lowest BCUT2D eigenvalue weighted by molar-refractivity contribution is 0.306. The van der Waals surface area contributed by atoms with E-state index < -0.39 is 0 Å². The number of hydrogen-bond acceptors (Lipinski definition) is 1. The van der Waals surface area contributed by atoms with Crippen molar-refractivity contribution in [2.45, 2.75) is 38.5 Å². The van der Waals surface area contributed by atoms with E-state index in [2.05, 4.69) is 78.9 Å². The second-order valence-corrected chi connectivity index (χ2v) is 8.23. The molecule has 0 fully saturated rings. The summed E-state index contributed by atoms with van der Waals surface area (Å²) >= 11 is 5.75. The van der Waals surface area contributed by atoms with Crippen molar-refractivity contribution in [1.29, 1.82) is 0 Å². The third kappa shape index (κ3) is 4.96. The van der Waals surface area contributed by atoms with E-state index in [9.17, 15) is 0 Å². The van der Waals surface area contributed by atoms with Crippen molar-refractivity contribution in [2.75, 3.05) is 12.5 Å². The van der Waals surface area contributed by atoms with Gasteiger partial charge in [-0.05, 0) is 84.1 Å². The van der Waals surface area contributed by atoms with Crippen molar-refractivity contribution < 1.29 is 4.74 Å². The highest BCUT2D eigenvalue weighted by atomic mass is 35.5. The monoisotopic (exact) mass is 416 g/mol. The van der Waals surface area contributed by atoms with Crippen LogP contribution in [-0.2, 0) is 6.42 Å². The number of benzene rings is 3. The number of halogens is 1. The number of hydrogen-bond donors (Lipinski definition) is 0. The van der Waals surface area contributed by atoms with Gasteiger partial charge in [-0.2, -0.15) is 0 Å². The fourth-order valence-electron chi connectivity index (χ4n) is 4.26. The summed E-state index contributed by atoms with van der Waals surface area (Å²) in [6.07, 6.45) is 6.61. The average Bonchev–Trinajstić information content (AvgIpc) is 3.00. The van der Waals surface area contributed by atoms with E-state index in [0.29, 0.717) is 0 Å². The summed E-state index contributed by atoms with van der Waals surface area (Å²) in [5, 5.41) is 0. The van der Waals surface area contributed by atoms with Crippen molar-refractivity contribution >= 4 is 22.7 Å². The molecular weight excluding hydrogens is 388 g/mol. The Labute approximate surface area is 185 Å². The Morgan fingerprint density at radius 1 is 0.700 bits per heavy atom. The largest absolute Gasteiger partial charge is 0.494 e. The minimum absolute atomic E-state index is 0.731. The van der Waals surface area contributed by atoms with E-state index in [1.165, 1.54) is 39.8 Å². The first kappa shape index (κ1) is 20.8. The number of fused-ring (bicyclic) bond motifs is 1. The first-order valence-corrected chi connectivity index (χ1v) is 11.6. The predicted molar refractivity (Wildman–Crippen MR) is 128 cm³/mol. The molecule has 0 unspecified atom stereocenters. The van der Waals surface area contributed by atoms with E-state index in [1.807, 2.05) is 0 Å². The zero-order valence-corrected chi connectivity index (χ0v) is 18.2. The lowest BCUT2D eigenvalue weighted by atomic mass is 9.88. The Balaban J connectivity index is 1.67. The van der Waals surface area contributed by atoms with Crippen LogP contribution in [0.2, 0.25) is 0 Å². The molecule has 3 aromatic carbocycles. The van der Waals surface area contributed by atoms with Crippen molar-refractivity contribution in [3.05, 3.63) is 101 Å². The van der Waals surface area contributed by atoms with Crippen molar-refractivity contribution in [1.82, 2.24) is 0 Å². The van der Waals surface area contributed by atoms with E-state index in [-0.39, 0.29) is 0 Å². The van der Waals surface area contributed by atoms with Crippen LogP contribution in [0.4, 0.5) is 0 Å². The predicted octanol–water partition coefficient (Wildman–Crippen LogP) is 7.77. The summed E-state index contributed by atoms with van der Waals surface area (Å²) in [6.45, 7) is 0.747. The third-order valence-electron chi connectivity index (χ3n) is 5.77. The minimum atomic E-state index is 0.731. The van der Waals surface area contributed by atoms with Gasteiger partial charge in [-0.25, -0.2) is 0 Å². The van der Waals surface area contributed by atoms with Crippen LogP contribution >= 0.6 is 11.6 Å². The molecule has 0 saturated heterocycles. The molecule has 154 valence electrons. The van der Waals surface area contributed by atoms with Crippen LogP contribution in [0.25, 0.3) is 11.1 Å². The maximum absolute atomic E-state index is 5.94. The van der Waals surface area contributed by atoms with Crippen molar-refractivity contribution in [3.63, 3.8) is 0 Å². The molecule has 0 N–H and O–H groups in total. The second kappa shape index (κ2) is 10.5. The molecule has 0 aromatic heterocycles. The van der Waals surface area contributed by atoms with Crippen LogP contribution in [0.3, 0.4) is 0 Å². The molecule has 0 amide bonds. The molecular formula is C28H29ClO. The summed E-state index contributed by atoms with van der Waals surface area (Å²) in [5.74, 6) is 1.67. The molecule has 1 nitrogen and oxygen atoms in total. The van der Waals surface area contributed by atoms with Crippen LogP contribution in [0.15, 0.2) is 78.9 Å². The minimum Gasteiger partial charge on any atom is -0.494 e. The molecule has 4 rings (SSSR count). The normalized spacial score (nSPS) is 13.6. The molecule has 0 bridgehead atoms. The molecule has 0 atom stereocenters. The Morgan fingerprint density at radius 2 is 1.47 bits per heavy atom. The smallest absolute Gasteiger partial charge is 0.119 e. The first-order chi connectivity index (χ1) is 14.9. The van der Waals surface area contributed by atoms with Gasteiger partial charge in [0.05, 0.1) is 6.61 Å². The zero-order valence-electron chi connectivity index (χ0n) is 17.4. The van der Waals surface area contributed by atoms with E-state index >= 15 is 0 Å². The highest BCUT2D eigenvalue weighted by Crippen LogP contribution is 2.40. The van der Waals surface area contributed by atoms with E-state index in [1.54, 1.807) is 0 Å². The van der Waals surface area contributed by atoms with Gasteiger partial charge >= 0.3 is 0 Å². The van der Waals surface area contributed by atoms with Gasteiger partial charge in [0.2, 0.25) is 0 Å². The van der Waals surface area contributed by atoms with Gasteiger partial charge in [-0.1, -0.05) is 66.7 Å². The van der Waals surface area contributed by atoms with Crippen molar-refractivity contribution in [2.24, 2.45) is 0 Å². The summed E-state index contributed by atoms with van der Waals surface area (Å²) in [6, 6.07) is 28.4. The topological polar surface area (TPSA) is 9.23 Å². The first-order valence-electron chi connectivity index (χ1n) is 11.0. The fraction of sp³-hybridized carbons (Fsp3) is 0.286. The number of ether oxygens (including phenoxy) is 1. The summed E-state index contributed by atoms with van der Waals surface area (Å²) < 4.78 is 5.94. The highest BCUT2D eigenvalue weighted by molar-refractivity contribution is 6.17. The molecule has 3 aromatic rings. The Bertz CT molecular complexity index is 973. The van der Waals surface area contributed by atoms with Gasteiger partial charge in [0.25, 0.3) is 0 Å². The second-order valence-electron chi connectivity index (χ2n) is 7.85. The number of alkyl halides is 1. The van der Waals surface area contributed by atoms with Gasteiger partial charge in [-0.15, -0.1) is 11.6 Å². The molecule has 0 saturated carbocycles. The van der Waals surface area contributed by atoms with Gasteiger partial charge in [0.1, 0.15) is 5.75 Å². The molecule has 0 radical (unpaired) electrons. The summed E-state index contributed by atoms with van der Waals surface area (Å²) in [7, 11) is 0. The average molecular weight is 417 g/mol. The lowest BCUT2D eigenvalue weighted by Gasteiger charge is -2.17. The third-order valence-corrected chi connectivity index (χ3v) is 6.04. The number of unbranched alkanes of at least 4 members (excludes halogenated alkanes) is 2. The van der Waals surface area contributed by atoms with E-state index in [0.717, 1.165) is 50.3 Å². The van der Waals surface area contributed by atoms with E-state index in [4.69, 9.17) is 16.3 Å². The zero-order chi connectivity index (χ0) is 20.6. The van der Waals surface area contributed by atoms with Crippen LogP contribution in [0, 0.1) is 0 Å². The summed E-state index contributed by atoms with van der Waals surface area (Å²) in [4.78, 5) is 0. The molecule has 30 heavy (non-hydrogen) atoms. The summed E-state index contributed by atoms with van der Waals surface area (Å²) in [5.41, 5.74) is 8.20. The highest BCUT2D eigenvalue weighted by Gasteiger charge is 2.19. The molecule has 0 aliphatic heterocycles. The molecule has 1 aliphatic rings. The molecule has 0 heterocycles. The Morgan fingerprint density at radius 3 is 2.27 bits per heavy atom. The van der Waals surface area contributed by atoms with Crippen LogP contribution < -0.4 is 4.74 Å². The van der Waals surface area contributed by atoms with Crippen LogP contribution in [0.5, 0.6) is 5.75 Å². The van der Waals surface area contributed by atoms with Crippen molar-refractivity contribution in [3.8, 4) is 5.75 Å². The Kier molecular flexibility index (Phi) is 7.26. The molecule has 2 heteroatoms. The fourth-order valence-corrected chi connectivity index (χ4v) is 4.45. The molecule has 0 spiro atoms. The quantitative estimate of drug-likeness (QED) is 0.269. The number of rotatable bonds is 8. The van der Waals surface area contributed by atoms with Gasteiger partial charge in [-0.3, -0.25) is 0 Å². The van der Waals surface area contributed by atoms with Gasteiger partial charge < -0.3 is 4.74 Å². The maximum Gasteiger partial charge on any atom is 0.119 e. The van der Waals surface area contributed by atoms with Crippen LogP contribution in [-0.4, -0.2) is 12.5 Å². The standard InChI is InChI=1S/C28H29ClO/c29-20-7-2-8-21-30-25-18-16-24(17-19-25)28-26-14-6-5-12-23(26)13-9-15-27(28)22-10-3-1-4-11-22/h1,3-6,10-12,14,16-19H,2,7-9,13,15,20-21H2.